The quantitative estimate of drug-likeness (QED) is 0.804. The lowest BCUT2D eigenvalue weighted by atomic mass is 9.99. The molecule has 2 aliphatic rings. The highest BCUT2D eigenvalue weighted by atomic mass is 32.2. The highest BCUT2D eigenvalue weighted by molar-refractivity contribution is 7.92. The van der Waals surface area contributed by atoms with E-state index in [1.165, 1.54) is 0 Å². The molecule has 1 amide bonds. The number of rotatable bonds is 2. The summed E-state index contributed by atoms with van der Waals surface area (Å²) in [5, 5.41) is -0.470. The van der Waals surface area contributed by atoms with Crippen LogP contribution in [0.1, 0.15) is 39.5 Å². The van der Waals surface area contributed by atoms with Gasteiger partial charge in [-0.2, -0.15) is 0 Å². The minimum atomic E-state index is -3.03. The van der Waals surface area contributed by atoms with Crippen molar-refractivity contribution >= 4 is 15.7 Å². The number of carbonyl (C=O) groups is 1. The third-order valence-electron chi connectivity index (χ3n) is 4.83. The van der Waals surface area contributed by atoms with Crippen LogP contribution in [0.25, 0.3) is 0 Å². The van der Waals surface area contributed by atoms with E-state index in [1.54, 1.807) is 11.8 Å². The molecule has 0 aromatic carbocycles. The van der Waals surface area contributed by atoms with Crippen LogP contribution in [0.5, 0.6) is 0 Å². The standard InChI is InChI=1S/C13H24N2O3S/c1-9-10(2)19(17,18)7-6-15(9)13(16)8-11-4-3-5-12(11)14/h9-12H,3-8,14H2,1-2H3/t9?,10?,11-,12+/m0/s1. The molecule has 4 atom stereocenters. The molecule has 1 aliphatic carbocycles. The molecule has 2 unspecified atom stereocenters. The molecule has 1 saturated heterocycles. The second-order valence-corrected chi connectivity index (χ2v) is 8.44. The van der Waals surface area contributed by atoms with Gasteiger partial charge in [-0.1, -0.05) is 6.42 Å². The van der Waals surface area contributed by atoms with Gasteiger partial charge in [-0.15, -0.1) is 0 Å². The number of nitrogens with zero attached hydrogens (tertiary/aromatic N) is 1. The Morgan fingerprint density at radius 1 is 1.32 bits per heavy atom. The second-order valence-electron chi connectivity index (χ2n) is 5.96. The SMILES string of the molecule is CC1C(C)S(=O)(=O)CCN1C(=O)C[C@@H]1CCC[C@H]1N. The first-order valence-corrected chi connectivity index (χ1v) is 8.81. The topological polar surface area (TPSA) is 80.5 Å². The minimum Gasteiger partial charge on any atom is -0.338 e. The van der Waals surface area contributed by atoms with Crippen LogP contribution in [0, 0.1) is 5.92 Å². The minimum absolute atomic E-state index is 0.0663. The predicted molar refractivity (Wildman–Crippen MR) is 74.4 cm³/mol. The first-order chi connectivity index (χ1) is 8.83. The van der Waals surface area contributed by atoms with Crippen molar-refractivity contribution in [2.24, 2.45) is 11.7 Å². The molecule has 2 fully saturated rings. The number of carbonyl (C=O) groups excluding carboxylic acids is 1. The fourth-order valence-corrected chi connectivity index (χ4v) is 4.75. The van der Waals surface area contributed by atoms with Crippen molar-refractivity contribution in [2.75, 3.05) is 12.3 Å². The summed E-state index contributed by atoms with van der Waals surface area (Å²) in [6.45, 7) is 3.85. The Kier molecular flexibility index (Phi) is 4.20. The summed E-state index contributed by atoms with van der Waals surface area (Å²) in [5.74, 6) is 0.422. The van der Waals surface area contributed by atoms with E-state index in [1.807, 2.05) is 6.92 Å². The van der Waals surface area contributed by atoms with Crippen LogP contribution in [0.4, 0.5) is 0 Å². The molecule has 2 rings (SSSR count). The zero-order valence-electron chi connectivity index (χ0n) is 11.7. The number of amides is 1. The highest BCUT2D eigenvalue weighted by Gasteiger charge is 2.39. The van der Waals surface area contributed by atoms with Gasteiger partial charge in [0.25, 0.3) is 0 Å². The van der Waals surface area contributed by atoms with Gasteiger partial charge in [0, 0.05) is 25.0 Å². The van der Waals surface area contributed by atoms with E-state index in [0.29, 0.717) is 13.0 Å². The molecule has 1 aliphatic heterocycles. The zero-order chi connectivity index (χ0) is 14.2. The molecule has 0 spiro atoms. The average molecular weight is 288 g/mol. The van der Waals surface area contributed by atoms with Crippen molar-refractivity contribution in [1.82, 2.24) is 4.90 Å². The molecule has 110 valence electrons. The van der Waals surface area contributed by atoms with Crippen molar-refractivity contribution in [2.45, 2.75) is 56.9 Å². The Morgan fingerprint density at radius 2 is 2.00 bits per heavy atom. The average Bonchev–Trinajstić information content (AvgIpc) is 2.72. The zero-order valence-corrected chi connectivity index (χ0v) is 12.5. The van der Waals surface area contributed by atoms with Gasteiger partial charge in [0.2, 0.25) is 5.91 Å². The van der Waals surface area contributed by atoms with Gasteiger partial charge in [-0.05, 0) is 32.6 Å². The normalized spacial score (nSPS) is 38.4. The lowest BCUT2D eigenvalue weighted by Gasteiger charge is -2.38. The molecule has 1 heterocycles. The van der Waals surface area contributed by atoms with Gasteiger partial charge in [0.05, 0.1) is 11.0 Å². The fourth-order valence-electron chi connectivity index (χ4n) is 3.18. The molecule has 0 aromatic heterocycles. The van der Waals surface area contributed by atoms with Crippen LogP contribution in [0.15, 0.2) is 0 Å². The molecule has 0 radical (unpaired) electrons. The Labute approximate surface area is 115 Å². The largest absolute Gasteiger partial charge is 0.338 e. The van der Waals surface area contributed by atoms with Gasteiger partial charge < -0.3 is 10.6 Å². The summed E-state index contributed by atoms with van der Waals surface area (Å²) < 4.78 is 23.6. The van der Waals surface area contributed by atoms with E-state index in [9.17, 15) is 13.2 Å². The lowest BCUT2D eigenvalue weighted by molar-refractivity contribution is -0.134. The third-order valence-corrected chi connectivity index (χ3v) is 7.11. The molecule has 0 bridgehead atoms. The summed E-state index contributed by atoms with van der Waals surface area (Å²) >= 11 is 0. The van der Waals surface area contributed by atoms with Crippen LogP contribution in [-0.4, -0.2) is 48.9 Å². The number of hydrogen-bond donors (Lipinski definition) is 1. The number of nitrogens with two attached hydrogens (primary N) is 1. The van der Waals surface area contributed by atoms with Gasteiger partial charge in [0.15, 0.2) is 9.84 Å². The van der Waals surface area contributed by atoms with Gasteiger partial charge in [-0.3, -0.25) is 4.79 Å². The van der Waals surface area contributed by atoms with Crippen LogP contribution in [-0.2, 0) is 14.6 Å². The molecule has 6 heteroatoms. The molecular weight excluding hydrogens is 264 g/mol. The van der Waals surface area contributed by atoms with Crippen LogP contribution in [0.3, 0.4) is 0 Å². The van der Waals surface area contributed by atoms with Crippen molar-refractivity contribution in [3.8, 4) is 0 Å². The molecule has 5 nitrogen and oxygen atoms in total. The molecule has 19 heavy (non-hydrogen) atoms. The molecule has 2 N–H and O–H groups in total. The smallest absolute Gasteiger partial charge is 0.223 e. The van der Waals surface area contributed by atoms with Gasteiger partial charge in [-0.25, -0.2) is 8.42 Å². The van der Waals surface area contributed by atoms with Crippen molar-refractivity contribution < 1.29 is 13.2 Å². The Bertz CT molecular complexity index is 449. The summed E-state index contributed by atoms with van der Waals surface area (Å²) in [5.41, 5.74) is 6.00. The number of hydrogen-bond acceptors (Lipinski definition) is 4. The fraction of sp³-hybridized carbons (Fsp3) is 0.923. The van der Waals surface area contributed by atoms with Crippen LogP contribution in [0.2, 0.25) is 0 Å². The predicted octanol–water partition coefficient (Wildman–Crippen LogP) is 0.538. The van der Waals surface area contributed by atoms with Crippen LogP contribution < -0.4 is 5.73 Å². The van der Waals surface area contributed by atoms with E-state index in [-0.39, 0.29) is 29.7 Å². The molecule has 1 saturated carbocycles. The maximum absolute atomic E-state index is 12.3. The summed E-state index contributed by atoms with van der Waals surface area (Å²) in [7, 11) is -3.03. The van der Waals surface area contributed by atoms with E-state index in [4.69, 9.17) is 5.73 Å². The monoisotopic (exact) mass is 288 g/mol. The lowest BCUT2D eigenvalue weighted by Crippen LogP contribution is -2.54. The summed E-state index contributed by atoms with van der Waals surface area (Å²) in [6, 6.07) is -0.103. The highest BCUT2D eigenvalue weighted by Crippen LogP contribution is 2.29. The van der Waals surface area contributed by atoms with Crippen molar-refractivity contribution in [1.29, 1.82) is 0 Å². The van der Waals surface area contributed by atoms with E-state index in [0.717, 1.165) is 19.3 Å². The summed E-state index contributed by atoms with van der Waals surface area (Å²) in [6.07, 6.45) is 3.58. The van der Waals surface area contributed by atoms with Crippen molar-refractivity contribution in [3.63, 3.8) is 0 Å². The Balaban J connectivity index is 2.00. The van der Waals surface area contributed by atoms with Crippen LogP contribution >= 0.6 is 0 Å². The van der Waals surface area contributed by atoms with E-state index >= 15 is 0 Å². The second kappa shape index (κ2) is 5.40. The Hall–Kier alpha value is -0.620. The Morgan fingerprint density at radius 3 is 2.58 bits per heavy atom. The third kappa shape index (κ3) is 2.94. The molecular formula is C13H24N2O3S. The first kappa shape index (κ1) is 14.8. The molecule has 0 aromatic rings. The maximum atomic E-state index is 12.3. The summed E-state index contributed by atoms with van der Waals surface area (Å²) in [4.78, 5) is 14.1. The number of sulfone groups is 1. The maximum Gasteiger partial charge on any atom is 0.223 e. The van der Waals surface area contributed by atoms with Crippen molar-refractivity contribution in [3.05, 3.63) is 0 Å². The van der Waals surface area contributed by atoms with E-state index < -0.39 is 15.1 Å². The first-order valence-electron chi connectivity index (χ1n) is 7.09. The van der Waals surface area contributed by atoms with Gasteiger partial charge >= 0.3 is 0 Å². The van der Waals surface area contributed by atoms with E-state index in [2.05, 4.69) is 0 Å². The van der Waals surface area contributed by atoms with Gasteiger partial charge in [0.1, 0.15) is 0 Å².